The first kappa shape index (κ1) is 18.1. The maximum absolute atomic E-state index is 5.81. The van der Waals surface area contributed by atoms with E-state index in [1.807, 2.05) is 19.1 Å². The van der Waals surface area contributed by atoms with E-state index in [9.17, 15) is 0 Å². The van der Waals surface area contributed by atoms with Crippen LogP contribution in [0.4, 0.5) is 5.95 Å². The molecule has 26 heavy (non-hydrogen) atoms. The Bertz CT molecular complexity index is 1040. The van der Waals surface area contributed by atoms with E-state index in [0.717, 1.165) is 22.2 Å². The van der Waals surface area contributed by atoms with Crippen molar-refractivity contribution < 1.29 is 4.42 Å². The second-order valence-electron chi connectivity index (χ2n) is 8.11. The van der Waals surface area contributed by atoms with Gasteiger partial charge in [-0.1, -0.05) is 39.8 Å². The summed E-state index contributed by atoms with van der Waals surface area (Å²) in [6.45, 7) is 13.4. The molecular formula is C20H24N4OSi. The number of nitrogen functional groups attached to an aromatic ring is 1. The molecule has 134 valence electrons. The van der Waals surface area contributed by atoms with E-state index in [0.29, 0.717) is 11.5 Å². The molecule has 0 aliphatic rings. The zero-order valence-corrected chi connectivity index (χ0v) is 17.1. The van der Waals surface area contributed by atoms with Gasteiger partial charge >= 0.3 is 0 Å². The van der Waals surface area contributed by atoms with Crippen molar-refractivity contribution in [3.05, 3.63) is 35.8 Å². The second-order valence-corrected chi connectivity index (χ2v) is 13.1. The van der Waals surface area contributed by atoms with Gasteiger partial charge in [-0.05, 0) is 29.7 Å². The van der Waals surface area contributed by atoms with Gasteiger partial charge in [0.1, 0.15) is 19.5 Å². The molecule has 0 aliphatic carbocycles. The molecule has 0 amide bonds. The minimum Gasteiger partial charge on any atom is -0.437 e. The Hall–Kier alpha value is -2.65. The molecule has 0 saturated carbocycles. The van der Waals surface area contributed by atoms with Crippen LogP contribution in [0.15, 0.2) is 28.9 Å². The standard InChI is InChI=1S/C20H24N4OSi/c1-13-9-15(7-8-26(5,6)20(2,3)4)22-12-16(13)17-10-14-11-23-19(21)24-18(14)25-17/h9-12H,1-6H3,(H2,21,23,24). The molecule has 2 N–H and O–H groups in total. The highest BCUT2D eigenvalue weighted by atomic mass is 28.3. The number of furan rings is 1. The first-order valence-corrected chi connectivity index (χ1v) is 11.6. The van der Waals surface area contributed by atoms with Gasteiger partial charge in [0.25, 0.3) is 0 Å². The molecular weight excluding hydrogens is 340 g/mol. The minimum atomic E-state index is -1.66. The predicted octanol–water partition coefficient (Wildman–Crippen LogP) is 4.57. The summed E-state index contributed by atoms with van der Waals surface area (Å²) in [5.41, 5.74) is 12.4. The van der Waals surface area contributed by atoms with E-state index in [1.54, 1.807) is 12.4 Å². The third kappa shape index (κ3) is 3.49. The molecule has 0 aromatic carbocycles. The van der Waals surface area contributed by atoms with E-state index >= 15 is 0 Å². The van der Waals surface area contributed by atoms with Crippen LogP contribution in [0.25, 0.3) is 22.4 Å². The molecule has 5 nitrogen and oxygen atoms in total. The maximum Gasteiger partial charge on any atom is 0.231 e. The van der Waals surface area contributed by atoms with Gasteiger partial charge in [0, 0.05) is 18.0 Å². The number of aryl methyl sites for hydroxylation is 1. The van der Waals surface area contributed by atoms with Crippen LogP contribution in [0.2, 0.25) is 18.1 Å². The molecule has 3 aromatic rings. The van der Waals surface area contributed by atoms with E-state index in [1.165, 1.54) is 0 Å². The van der Waals surface area contributed by atoms with Gasteiger partial charge in [-0.25, -0.2) is 9.97 Å². The minimum absolute atomic E-state index is 0.199. The van der Waals surface area contributed by atoms with E-state index < -0.39 is 8.07 Å². The van der Waals surface area contributed by atoms with Crippen LogP contribution in [0.3, 0.4) is 0 Å². The maximum atomic E-state index is 5.81. The fraction of sp³-hybridized carbons (Fsp3) is 0.350. The van der Waals surface area contributed by atoms with E-state index in [-0.39, 0.29) is 11.0 Å². The van der Waals surface area contributed by atoms with Crippen molar-refractivity contribution in [2.45, 2.75) is 45.8 Å². The number of anilines is 1. The molecule has 0 atom stereocenters. The topological polar surface area (TPSA) is 77.8 Å². The highest BCUT2D eigenvalue weighted by molar-refractivity contribution is 6.87. The summed E-state index contributed by atoms with van der Waals surface area (Å²) < 4.78 is 5.81. The summed E-state index contributed by atoms with van der Waals surface area (Å²) in [6, 6.07) is 3.91. The zero-order chi connectivity index (χ0) is 19.1. The average molecular weight is 365 g/mol. The normalized spacial score (nSPS) is 12.1. The smallest absolute Gasteiger partial charge is 0.231 e. The number of fused-ring (bicyclic) bond motifs is 1. The van der Waals surface area contributed by atoms with Gasteiger partial charge in [-0.3, -0.25) is 0 Å². The summed E-state index contributed by atoms with van der Waals surface area (Å²) in [5, 5.41) is 1.04. The van der Waals surface area contributed by atoms with Gasteiger partial charge in [0.15, 0.2) is 0 Å². The largest absolute Gasteiger partial charge is 0.437 e. The number of pyridine rings is 1. The summed E-state index contributed by atoms with van der Waals surface area (Å²) >= 11 is 0. The number of hydrogen-bond donors (Lipinski definition) is 1. The van der Waals surface area contributed by atoms with Crippen molar-refractivity contribution in [3.8, 4) is 22.8 Å². The van der Waals surface area contributed by atoms with Crippen molar-refractivity contribution in [2.24, 2.45) is 0 Å². The predicted molar refractivity (Wildman–Crippen MR) is 108 cm³/mol. The van der Waals surface area contributed by atoms with Crippen LogP contribution in [-0.4, -0.2) is 23.0 Å². The van der Waals surface area contributed by atoms with Crippen molar-refractivity contribution >= 4 is 25.1 Å². The molecule has 0 aliphatic heterocycles. The Kier molecular flexibility index (Phi) is 4.37. The first-order chi connectivity index (χ1) is 12.1. The lowest BCUT2D eigenvalue weighted by molar-refractivity contribution is 0.617. The third-order valence-corrected chi connectivity index (χ3v) is 9.55. The lowest BCUT2D eigenvalue weighted by atomic mass is 10.1. The number of nitrogens with zero attached hydrogens (tertiary/aromatic N) is 3. The number of nitrogens with two attached hydrogens (primary N) is 1. The van der Waals surface area contributed by atoms with E-state index in [2.05, 4.69) is 60.3 Å². The van der Waals surface area contributed by atoms with Crippen molar-refractivity contribution in [1.29, 1.82) is 0 Å². The molecule has 3 heterocycles. The summed E-state index contributed by atoms with van der Waals surface area (Å²) in [5.74, 6) is 4.18. The second kappa shape index (κ2) is 6.26. The van der Waals surface area contributed by atoms with E-state index in [4.69, 9.17) is 10.2 Å². The van der Waals surface area contributed by atoms with Crippen LogP contribution in [0.1, 0.15) is 32.0 Å². The average Bonchev–Trinajstić information content (AvgIpc) is 2.94. The lowest BCUT2D eigenvalue weighted by Gasteiger charge is -2.31. The summed E-state index contributed by atoms with van der Waals surface area (Å²) in [6.07, 6.45) is 3.46. The van der Waals surface area contributed by atoms with Crippen LogP contribution in [0, 0.1) is 18.4 Å². The van der Waals surface area contributed by atoms with Crippen molar-refractivity contribution in [3.63, 3.8) is 0 Å². The zero-order valence-electron chi connectivity index (χ0n) is 16.1. The molecule has 3 aromatic heterocycles. The van der Waals surface area contributed by atoms with Gasteiger partial charge in [0.05, 0.1) is 5.39 Å². The number of hydrogen-bond acceptors (Lipinski definition) is 5. The monoisotopic (exact) mass is 364 g/mol. The molecule has 0 bridgehead atoms. The SMILES string of the molecule is Cc1cc(C#C[Si](C)(C)C(C)(C)C)ncc1-c1cc2cnc(N)nc2o1. The van der Waals surface area contributed by atoms with Gasteiger partial charge in [-0.2, -0.15) is 4.98 Å². The van der Waals surface area contributed by atoms with Crippen LogP contribution in [-0.2, 0) is 0 Å². The van der Waals surface area contributed by atoms with Crippen LogP contribution < -0.4 is 5.73 Å². The Morgan fingerprint density at radius 2 is 1.85 bits per heavy atom. The number of rotatable bonds is 1. The quantitative estimate of drug-likeness (QED) is 0.505. The Morgan fingerprint density at radius 3 is 2.50 bits per heavy atom. The molecule has 3 rings (SSSR count). The Labute approximate surface area is 155 Å². The fourth-order valence-corrected chi connectivity index (χ4v) is 3.08. The number of aromatic nitrogens is 3. The van der Waals surface area contributed by atoms with Gasteiger partial charge < -0.3 is 10.2 Å². The van der Waals surface area contributed by atoms with Crippen molar-refractivity contribution in [1.82, 2.24) is 15.0 Å². The summed E-state index contributed by atoms with van der Waals surface area (Å²) in [4.78, 5) is 12.6. The highest BCUT2D eigenvalue weighted by Crippen LogP contribution is 2.35. The van der Waals surface area contributed by atoms with Crippen LogP contribution >= 0.6 is 0 Å². The Balaban J connectivity index is 1.95. The highest BCUT2D eigenvalue weighted by Gasteiger charge is 2.33. The van der Waals surface area contributed by atoms with Crippen LogP contribution in [0.5, 0.6) is 0 Å². The molecule has 0 saturated heterocycles. The first-order valence-electron chi connectivity index (χ1n) is 8.59. The molecule has 0 radical (unpaired) electrons. The summed E-state index contributed by atoms with van der Waals surface area (Å²) in [7, 11) is -1.66. The third-order valence-electron chi connectivity index (χ3n) is 5.05. The fourth-order valence-electron chi connectivity index (χ4n) is 2.27. The lowest BCUT2D eigenvalue weighted by Crippen LogP contribution is -2.35. The molecule has 6 heteroatoms. The van der Waals surface area contributed by atoms with Gasteiger partial charge in [0.2, 0.25) is 11.7 Å². The molecule has 0 spiro atoms. The van der Waals surface area contributed by atoms with Crippen molar-refractivity contribution in [2.75, 3.05) is 5.73 Å². The molecule has 0 fully saturated rings. The Morgan fingerprint density at radius 1 is 1.12 bits per heavy atom. The van der Waals surface area contributed by atoms with Gasteiger partial charge in [-0.15, -0.1) is 5.54 Å². The molecule has 0 unspecified atom stereocenters.